The molecule has 204 valence electrons. The topological polar surface area (TPSA) is 192 Å². The van der Waals surface area contributed by atoms with Gasteiger partial charge in [-0.2, -0.15) is 0 Å². The van der Waals surface area contributed by atoms with Crippen LogP contribution in [0.15, 0.2) is 42.5 Å². The lowest BCUT2D eigenvalue weighted by atomic mass is 9.72. The molecule has 13 nitrogen and oxygen atoms in total. The van der Waals surface area contributed by atoms with Crippen molar-refractivity contribution < 1.29 is 38.8 Å². The molecule has 0 spiro atoms. The SMILES string of the molecule is CCN1CCN(C(=O)NC(C(=O)N[C@H]2Cc3cccc(C(=O)O)c3OB2O)c2cccc(CN)c2)C(=O)C1=O. The summed E-state index contributed by atoms with van der Waals surface area (Å²) in [6.07, 6.45) is 0.0544. The molecule has 1 fully saturated rings. The summed E-state index contributed by atoms with van der Waals surface area (Å²) in [5.41, 5.74) is 7.12. The number of rotatable bonds is 7. The maximum atomic E-state index is 13.5. The Balaban J connectivity index is 1.57. The van der Waals surface area contributed by atoms with Crippen LogP contribution in [0.4, 0.5) is 4.79 Å². The second-order valence-electron chi connectivity index (χ2n) is 9.10. The molecule has 2 atom stereocenters. The van der Waals surface area contributed by atoms with Gasteiger partial charge in [-0.25, -0.2) is 9.59 Å². The monoisotopic (exact) mass is 537 g/mol. The molecular formula is C25H28BN5O8. The molecule has 14 heteroatoms. The van der Waals surface area contributed by atoms with Gasteiger partial charge in [0.05, 0.1) is 11.5 Å². The highest BCUT2D eigenvalue weighted by Gasteiger charge is 2.41. The van der Waals surface area contributed by atoms with Crippen LogP contribution in [-0.4, -0.2) is 82.3 Å². The van der Waals surface area contributed by atoms with E-state index in [9.17, 15) is 34.1 Å². The van der Waals surface area contributed by atoms with Gasteiger partial charge in [0, 0.05) is 26.2 Å². The van der Waals surface area contributed by atoms with Crippen LogP contribution < -0.4 is 21.0 Å². The van der Waals surface area contributed by atoms with Gasteiger partial charge < -0.3 is 36.1 Å². The number of carbonyl (C=O) groups excluding carboxylic acids is 4. The number of carbonyl (C=O) groups is 5. The van der Waals surface area contributed by atoms with Gasteiger partial charge in [0.15, 0.2) is 0 Å². The van der Waals surface area contributed by atoms with Gasteiger partial charge >= 0.3 is 30.9 Å². The number of nitrogens with one attached hydrogen (secondary N) is 2. The zero-order valence-corrected chi connectivity index (χ0v) is 21.1. The number of nitrogens with two attached hydrogens (primary N) is 1. The maximum absolute atomic E-state index is 13.5. The predicted molar refractivity (Wildman–Crippen MR) is 137 cm³/mol. The third-order valence-electron chi connectivity index (χ3n) is 6.66. The number of likely N-dealkylation sites (N-methyl/N-ethyl adjacent to an activating group) is 1. The molecule has 6 N–H and O–H groups in total. The highest BCUT2D eigenvalue weighted by Crippen LogP contribution is 2.30. The van der Waals surface area contributed by atoms with E-state index in [-0.39, 0.29) is 37.4 Å². The Kier molecular flexibility index (Phi) is 8.16. The molecule has 2 aliphatic heterocycles. The fourth-order valence-electron chi connectivity index (χ4n) is 4.55. The fourth-order valence-corrected chi connectivity index (χ4v) is 4.55. The quantitative estimate of drug-likeness (QED) is 0.227. The van der Waals surface area contributed by atoms with Crippen molar-refractivity contribution in [1.82, 2.24) is 20.4 Å². The minimum Gasteiger partial charge on any atom is -0.534 e. The van der Waals surface area contributed by atoms with Gasteiger partial charge in [-0.15, -0.1) is 0 Å². The Morgan fingerprint density at radius 2 is 1.90 bits per heavy atom. The molecular weight excluding hydrogens is 509 g/mol. The van der Waals surface area contributed by atoms with E-state index in [1.807, 2.05) is 0 Å². The van der Waals surface area contributed by atoms with Crippen molar-refractivity contribution in [2.75, 3.05) is 19.6 Å². The highest BCUT2D eigenvalue weighted by molar-refractivity contribution is 6.47. The van der Waals surface area contributed by atoms with Crippen LogP contribution in [0.2, 0.25) is 0 Å². The summed E-state index contributed by atoms with van der Waals surface area (Å²) >= 11 is 0. The van der Waals surface area contributed by atoms with Crippen molar-refractivity contribution in [2.45, 2.75) is 31.9 Å². The summed E-state index contributed by atoms with van der Waals surface area (Å²) in [4.78, 5) is 65.0. The Morgan fingerprint density at radius 1 is 1.15 bits per heavy atom. The number of urea groups is 1. The number of carboxylic acids is 1. The van der Waals surface area contributed by atoms with Crippen molar-refractivity contribution in [3.63, 3.8) is 0 Å². The van der Waals surface area contributed by atoms with E-state index in [2.05, 4.69) is 10.6 Å². The first kappa shape index (κ1) is 27.6. The summed E-state index contributed by atoms with van der Waals surface area (Å²) in [7, 11) is -1.57. The molecule has 2 aromatic carbocycles. The van der Waals surface area contributed by atoms with E-state index in [0.717, 1.165) is 4.90 Å². The number of benzene rings is 2. The molecule has 0 bridgehead atoms. The maximum Gasteiger partial charge on any atom is 0.547 e. The normalized spacial score (nSPS) is 17.7. The minimum absolute atomic E-state index is 0.0119. The summed E-state index contributed by atoms with van der Waals surface area (Å²) in [6, 6.07) is 8.84. The minimum atomic E-state index is -1.57. The van der Waals surface area contributed by atoms with Crippen LogP contribution in [-0.2, 0) is 27.3 Å². The van der Waals surface area contributed by atoms with Crippen LogP contribution >= 0.6 is 0 Å². The number of imide groups is 1. The van der Waals surface area contributed by atoms with Gasteiger partial charge in [-0.1, -0.05) is 36.4 Å². The Hall–Kier alpha value is -4.43. The standard InChI is InChI=1S/C25H28BN5O8/c1-2-30-9-10-31(23(34)22(30)33)25(37)29-19(15-6-3-5-14(11-15)13-27)21(32)28-18-12-16-7-4-8-17(24(35)36)20(16)39-26(18)38/h3-8,11,18-19,38H,2,9-10,12-13,27H2,1H3,(H,28,32)(H,29,37)(H,35,36)/t18-,19?/m0/s1. The summed E-state index contributed by atoms with van der Waals surface area (Å²) < 4.78 is 5.44. The molecule has 0 aromatic heterocycles. The van der Waals surface area contributed by atoms with E-state index >= 15 is 0 Å². The average molecular weight is 537 g/mol. The van der Waals surface area contributed by atoms with Crippen molar-refractivity contribution in [1.29, 1.82) is 0 Å². The smallest absolute Gasteiger partial charge is 0.534 e. The number of hydrogen-bond donors (Lipinski definition) is 5. The van der Waals surface area contributed by atoms with Crippen molar-refractivity contribution in [2.24, 2.45) is 5.73 Å². The number of nitrogens with zero attached hydrogens (tertiary/aromatic N) is 2. The second-order valence-corrected chi connectivity index (χ2v) is 9.10. The molecule has 1 unspecified atom stereocenters. The van der Waals surface area contributed by atoms with Gasteiger partial charge in [0.1, 0.15) is 11.8 Å². The second kappa shape index (κ2) is 11.5. The Morgan fingerprint density at radius 3 is 2.59 bits per heavy atom. The van der Waals surface area contributed by atoms with Crippen LogP contribution in [0.1, 0.15) is 40.0 Å². The molecule has 39 heavy (non-hydrogen) atoms. The van der Waals surface area contributed by atoms with E-state index < -0.39 is 48.8 Å². The average Bonchev–Trinajstić information content (AvgIpc) is 2.93. The van der Waals surface area contributed by atoms with Crippen LogP contribution in [0.5, 0.6) is 5.75 Å². The molecule has 2 heterocycles. The van der Waals surface area contributed by atoms with Gasteiger partial charge in [0.25, 0.3) is 0 Å². The molecule has 1 saturated heterocycles. The first-order valence-corrected chi connectivity index (χ1v) is 12.3. The largest absolute Gasteiger partial charge is 0.547 e. The molecule has 0 aliphatic carbocycles. The number of carboxylic acid groups (broad SMARTS) is 1. The number of fused-ring (bicyclic) bond motifs is 1. The van der Waals surface area contributed by atoms with E-state index in [1.54, 1.807) is 37.3 Å². The fraction of sp³-hybridized carbons (Fsp3) is 0.320. The summed E-state index contributed by atoms with van der Waals surface area (Å²) in [5.74, 6) is -4.74. The molecule has 4 rings (SSSR count). The zero-order chi connectivity index (χ0) is 28.3. The van der Waals surface area contributed by atoms with Crippen LogP contribution in [0, 0.1) is 0 Å². The van der Waals surface area contributed by atoms with Crippen LogP contribution in [0.25, 0.3) is 0 Å². The van der Waals surface area contributed by atoms with Gasteiger partial charge in [-0.05, 0) is 36.1 Å². The number of aromatic carboxylic acids is 1. The molecule has 0 saturated carbocycles. The number of amides is 5. The third-order valence-corrected chi connectivity index (χ3v) is 6.66. The summed E-state index contributed by atoms with van der Waals surface area (Å²) in [6.45, 7) is 2.33. The first-order chi connectivity index (χ1) is 18.6. The Bertz CT molecular complexity index is 1320. The molecule has 2 aromatic rings. The molecule has 0 radical (unpaired) electrons. The predicted octanol–water partition coefficient (Wildman–Crippen LogP) is -0.575. The lowest BCUT2D eigenvalue weighted by Crippen LogP contribution is -2.60. The van der Waals surface area contributed by atoms with Crippen molar-refractivity contribution in [3.8, 4) is 5.75 Å². The third kappa shape index (κ3) is 5.71. The number of piperazine rings is 1. The number of hydrogen-bond acceptors (Lipinski definition) is 8. The van der Waals surface area contributed by atoms with Crippen LogP contribution in [0.3, 0.4) is 0 Å². The zero-order valence-electron chi connectivity index (χ0n) is 21.1. The van der Waals surface area contributed by atoms with Gasteiger partial charge in [0.2, 0.25) is 5.91 Å². The van der Waals surface area contributed by atoms with Crippen molar-refractivity contribution in [3.05, 3.63) is 64.7 Å². The highest BCUT2D eigenvalue weighted by atomic mass is 16.5. The number of para-hydroxylation sites is 1. The van der Waals surface area contributed by atoms with Gasteiger partial charge in [-0.3, -0.25) is 19.3 Å². The lowest BCUT2D eigenvalue weighted by molar-refractivity contribution is -0.153. The van der Waals surface area contributed by atoms with Crippen molar-refractivity contribution >= 4 is 36.8 Å². The molecule has 5 amide bonds. The van der Waals surface area contributed by atoms with E-state index in [4.69, 9.17) is 10.4 Å². The van der Waals surface area contributed by atoms with E-state index in [1.165, 1.54) is 17.0 Å². The first-order valence-electron chi connectivity index (χ1n) is 12.3. The van der Waals surface area contributed by atoms with E-state index in [0.29, 0.717) is 23.2 Å². The summed E-state index contributed by atoms with van der Waals surface area (Å²) in [5, 5.41) is 25.2. The lowest BCUT2D eigenvalue weighted by Gasteiger charge is -2.33. The Labute approximate surface area is 224 Å². The molecule has 2 aliphatic rings.